The number of hydrogen-bond acceptors (Lipinski definition) is 1. The van der Waals surface area contributed by atoms with Crippen LogP contribution in [0.4, 0.5) is 0 Å². The fraction of sp³-hybridized carbons (Fsp3) is 0.235. The molecule has 0 N–H and O–H groups in total. The predicted molar refractivity (Wildman–Crippen MR) is 82.4 cm³/mol. The summed E-state index contributed by atoms with van der Waals surface area (Å²) >= 11 is 5.66. The maximum absolute atomic E-state index is 5.66. The largest absolute Gasteiger partial charge is 0.0836 e. The van der Waals surface area contributed by atoms with Crippen LogP contribution in [0.25, 0.3) is 0 Å². The average Bonchev–Trinajstić information content (AvgIpc) is 2.42. The van der Waals surface area contributed by atoms with Crippen LogP contribution in [0.3, 0.4) is 0 Å². The number of hydrogen-bond donors (Lipinski definition) is 0. The van der Waals surface area contributed by atoms with E-state index < -0.39 is 0 Å². The Hall–Kier alpha value is -1.47. The molecular weight excluding hydrogens is 236 g/mol. The first-order valence-corrected chi connectivity index (χ1v) is 6.79. The van der Waals surface area contributed by atoms with Crippen LogP contribution >= 0.6 is 12.2 Å². The summed E-state index contributed by atoms with van der Waals surface area (Å²) in [4.78, 5) is 1.04. The first-order chi connectivity index (χ1) is 8.72. The van der Waals surface area contributed by atoms with E-state index in [1.165, 1.54) is 16.7 Å². The van der Waals surface area contributed by atoms with Crippen LogP contribution in [-0.2, 0) is 0 Å². The van der Waals surface area contributed by atoms with E-state index in [2.05, 4.69) is 50.2 Å². The van der Waals surface area contributed by atoms with Gasteiger partial charge in [-0.15, -0.1) is 0 Å². The molecule has 0 aliphatic carbocycles. The van der Waals surface area contributed by atoms with Crippen LogP contribution in [-0.4, -0.2) is 4.86 Å². The standard InChI is InChI=1S/C17H18S/c1-3-16(14-11-9-13(2)10-12-14)17(18)15-7-5-4-6-8-15/h4-12,16H,3H2,1-2H3. The highest BCUT2D eigenvalue weighted by Crippen LogP contribution is 2.25. The molecule has 2 aromatic carbocycles. The maximum atomic E-state index is 5.66. The van der Waals surface area contributed by atoms with Crippen molar-refractivity contribution in [3.05, 3.63) is 71.3 Å². The molecule has 0 aliphatic heterocycles. The molecule has 2 aromatic rings. The summed E-state index contributed by atoms with van der Waals surface area (Å²) in [6.07, 6.45) is 1.04. The lowest BCUT2D eigenvalue weighted by atomic mass is 9.89. The van der Waals surface area contributed by atoms with Gasteiger partial charge in [0, 0.05) is 10.8 Å². The summed E-state index contributed by atoms with van der Waals surface area (Å²) in [7, 11) is 0. The third kappa shape index (κ3) is 2.85. The molecule has 0 aromatic heterocycles. The zero-order chi connectivity index (χ0) is 13.0. The van der Waals surface area contributed by atoms with E-state index in [9.17, 15) is 0 Å². The van der Waals surface area contributed by atoms with Gasteiger partial charge in [-0.25, -0.2) is 0 Å². The first-order valence-electron chi connectivity index (χ1n) is 6.38. The second kappa shape index (κ2) is 5.92. The van der Waals surface area contributed by atoms with Crippen LogP contribution in [0.5, 0.6) is 0 Å². The molecule has 92 valence electrons. The molecule has 0 bridgehead atoms. The zero-order valence-electron chi connectivity index (χ0n) is 10.9. The topological polar surface area (TPSA) is 0 Å². The van der Waals surface area contributed by atoms with Crippen molar-refractivity contribution in [3.63, 3.8) is 0 Å². The summed E-state index contributed by atoms with van der Waals surface area (Å²) in [6.45, 7) is 4.31. The minimum Gasteiger partial charge on any atom is -0.0836 e. The van der Waals surface area contributed by atoms with Gasteiger partial charge in [-0.2, -0.15) is 0 Å². The van der Waals surface area contributed by atoms with Crippen molar-refractivity contribution in [1.29, 1.82) is 0 Å². The molecule has 1 unspecified atom stereocenters. The molecule has 0 nitrogen and oxygen atoms in total. The Morgan fingerprint density at radius 3 is 2.17 bits per heavy atom. The monoisotopic (exact) mass is 254 g/mol. The van der Waals surface area contributed by atoms with E-state index in [1.54, 1.807) is 0 Å². The van der Waals surface area contributed by atoms with Gasteiger partial charge in [0.2, 0.25) is 0 Å². The van der Waals surface area contributed by atoms with Crippen molar-refractivity contribution in [3.8, 4) is 0 Å². The summed E-state index contributed by atoms with van der Waals surface area (Å²) in [6, 6.07) is 19.0. The Bertz CT molecular complexity index is 511. The lowest BCUT2D eigenvalue weighted by molar-refractivity contribution is 0.854. The lowest BCUT2D eigenvalue weighted by Crippen LogP contribution is -2.10. The average molecular weight is 254 g/mol. The van der Waals surface area contributed by atoms with Gasteiger partial charge >= 0.3 is 0 Å². The van der Waals surface area contributed by atoms with Crippen molar-refractivity contribution < 1.29 is 0 Å². The number of rotatable bonds is 4. The Morgan fingerprint density at radius 2 is 1.61 bits per heavy atom. The highest BCUT2D eigenvalue weighted by atomic mass is 32.1. The summed E-state index contributed by atoms with van der Waals surface area (Å²) < 4.78 is 0. The maximum Gasteiger partial charge on any atom is 0.0299 e. The van der Waals surface area contributed by atoms with Gasteiger partial charge < -0.3 is 0 Å². The van der Waals surface area contributed by atoms with Crippen LogP contribution < -0.4 is 0 Å². The van der Waals surface area contributed by atoms with Gasteiger partial charge in [0.05, 0.1) is 0 Å². The SMILES string of the molecule is CCC(C(=S)c1ccccc1)c1ccc(C)cc1. The van der Waals surface area contributed by atoms with E-state index >= 15 is 0 Å². The number of benzene rings is 2. The van der Waals surface area contributed by atoms with Crippen molar-refractivity contribution >= 4 is 17.1 Å². The summed E-state index contributed by atoms with van der Waals surface area (Å²) in [5.41, 5.74) is 3.77. The van der Waals surface area contributed by atoms with Crippen molar-refractivity contribution in [2.24, 2.45) is 0 Å². The van der Waals surface area contributed by atoms with Gasteiger partial charge in [0.1, 0.15) is 0 Å². The number of aryl methyl sites for hydroxylation is 1. The molecule has 0 heterocycles. The Labute approximate surface area is 115 Å². The molecule has 0 saturated carbocycles. The Morgan fingerprint density at radius 1 is 1.00 bits per heavy atom. The Kier molecular flexibility index (Phi) is 4.27. The first kappa shape index (κ1) is 13.0. The minimum absolute atomic E-state index is 0.336. The van der Waals surface area contributed by atoms with Gasteiger partial charge in [-0.05, 0) is 24.5 Å². The van der Waals surface area contributed by atoms with Crippen LogP contribution in [0.1, 0.15) is 36.0 Å². The molecular formula is C17H18S. The lowest BCUT2D eigenvalue weighted by Gasteiger charge is -2.17. The highest BCUT2D eigenvalue weighted by molar-refractivity contribution is 7.81. The molecule has 0 fully saturated rings. The minimum atomic E-state index is 0.336. The van der Waals surface area contributed by atoms with Crippen molar-refractivity contribution in [2.45, 2.75) is 26.2 Å². The van der Waals surface area contributed by atoms with Gasteiger partial charge in [0.15, 0.2) is 0 Å². The summed E-state index contributed by atoms with van der Waals surface area (Å²) in [5, 5.41) is 0. The van der Waals surface area contributed by atoms with E-state index in [1.807, 2.05) is 18.2 Å². The fourth-order valence-corrected chi connectivity index (χ4v) is 2.61. The zero-order valence-corrected chi connectivity index (χ0v) is 11.7. The smallest absolute Gasteiger partial charge is 0.0299 e. The van der Waals surface area contributed by atoms with E-state index in [0.717, 1.165) is 11.3 Å². The Balaban J connectivity index is 2.29. The van der Waals surface area contributed by atoms with Crippen LogP contribution in [0, 0.1) is 6.92 Å². The van der Waals surface area contributed by atoms with Crippen molar-refractivity contribution in [2.75, 3.05) is 0 Å². The van der Waals surface area contributed by atoms with Crippen LogP contribution in [0.15, 0.2) is 54.6 Å². The second-order valence-electron chi connectivity index (χ2n) is 4.60. The van der Waals surface area contributed by atoms with Gasteiger partial charge in [-0.3, -0.25) is 0 Å². The van der Waals surface area contributed by atoms with Gasteiger partial charge in [0.25, 0.3) is 0 Å². The van der Waals surface area contributed by atoms with Crippen molar-refractivity contribution in [1.82, 2.24) is 0 Å². The van der Waals surface area contributed by atoms with E-state index in [4.69, 9.17) is 12.2 Å². The second-order valence-corrected chi connectivity index (χ2v) is 5.04. The van der Waals surface area contributed by atoms with E-state index in [-0.39, 0.29) is 0 Å². The molecule has 0 spiro atoms. The third-order valence-corrected chi connectivity index (χ3v) is 3.78. The molecule has 18 heavy (non-hydrogen) atoms. The molecule has 1 heteroatoms. The molecule has 2 rings (SSSR count). The van der Waals surface area contributed by atoms with E-state index in [0.29, 0.717) is 5.92 Å². The highest BCUT2D eigenvalue weighted by Gasteiger charge is 2.15. The normalized spacial score (nSPS) is 12.1. The third-order valence-electron chi connectivity index (χ3n) is 3.26. The summed E-state index contributed by atoms with van der Waals surface area (Å²) in [5.74, 6) is 0.336. The number of thiocarbonyl (C=S) groups is 1. The van der Waals surface area contributed by atoms with Crippen LogP contribution in [0.2, 0.25) is 0 Å². The molecule has 0 amide bonds. The molecule has 0 aliphatic rings. The molecule has 0 saturated heterocycles. The fourth-order valence-electron chi connectivity index (χ4n) is 2.17. The van der Waals surface area contributed by atoms with Gasteiger partial charge in [-0.1, -0.05) is 79.3 Å². The quantitative estimate of drug-likeness (QED) is 0.552. The predicted octanol–water partition coefficient (Wildman–Crippen LogP) is 4.91. The molecule has 1 atom stereocenters. The molecule has 0 radical (unpaired) electrons.